The first kappa shape index (κ1) is 30.3. The lowest BCUT2D eigenvalue weighted by Crippen LogP contribution is -2.39. The number of rotatable bonds is 12. The molecule has 220 valence electrons. The molecule has 4 rings (SSSR count). The number of nitrogens with one attached hydrogen (secondary N) is 4. The molecule has 0 aliphatic carbocycles. The fourth-order valence-corrected chi connectivity index (χ4v) is 5.53. The van der Waals surface area contributed by atoms with E-state index in [2.05, 4.69) is 58.1 Å². The number of fused-ring (bicyclic) bond motifs is 1. The summed E-state index contributed by atoms with van der Waals surface area (Å²) >= 11 is 0. The van der Waals surface area contributed by atoms with Gasteiger partial charge in [0.2, 0.25) is 0 Å². The summed E-state index contributed by atoms with van der Waals surface area (Å²) in [6, 6.07) is 6.11. The van der Waals surface area contributed by atoms with Crippen LogP contribution in [0.15, 0.2) is 35.4 Å². The maximum Gasteiger partial charge on any atom is 0.253 e. The van der Waals surface area contributed by atoms with Crippen molar-refractivity contribution in [3.63, 3.8) is 0 Å². The summed E-state index contributed by atoms with van der Waals surface area (Å²) < 4.78 is 7.60. The number of aromatic amines is 1. The second-order valence-corrected chi connectivity index (χ2v) is 11.1. The quantitative estimate of drug-likeness (QED) is 0.195. The number of pyridine rings is 1. The number of hydrogen-bond donors (Lipinski definition) is 4. The number of morpholine rings is 1. The molecule has 0 unspecified atom stereocenters. The molecule has 1 saturated heterocycles. The molecule has 2 aromatic heterocycles. The van der Waals surface area contributed by atoms with Crippen molar-refractivity contribution in [1.29, 1.82) is 5.41 Å². The third-order valence-electron chi connectivity index (χ3n) is 7.65. The van der Waals surface area contributed by atoms with Gasteiger partial charge in [0.05, 0.1) is 13.2 Å². The fourth-order valence-electron chi connectivity index (χ4n) is 5.53. The number of amides is 1. The van der Waals surface area contributed by atoms with Crippen molar-refractivity contribution in [2.24, 2.45) is 0 Å². The van der Waals surface area contributed by atoms with Crippen molar-refractivity contribution in [2.75, 3.05) is 39.4 Å². The second-order valence-electron chi connectivity index (χ2n) is 11.1. The van der Waals surface area contributed by atoms with E-state index < -0.39 is 0 Å². The molecule has 0 bridgehead atoms. The van der Waals surface area contributed by atoms with E-state index in [0.717, 1.165) is 85.5 Å². The number of benzene rings is 1. The second kappa shape index (κ2) is 13.8. The minimum absolute atomic E-state index is 0.149. The third kappa shape index (κ3) is 7.15. The fraction of sp³-hybridized carbons (Fsp3) is 0.469. The number of aromatic nitrogens is 2. The van der Waals surface area contributed by atoms with Crippen molar-refractivity contribution in [2.45, 2.75) is 60.0 Å². The van der Waals surface area contributed by atoms with Gasteiger partial charge in [-0.05, 0) is 69.0 Å². The monoisotopic (exact) mass is 560 g/mol. The van der Waals surface area contributed by atoms with Crippen molar-refractivity contribution in [3.05, 3.63) is 74.5 Å². The average Bonchev–Trinajstić information content (AvgIpc) is 3.29. The highest BCUT2D eigenvalue weighted by Crippen LogP contribution is 2.31. The molecule has 1 aliphatic rings. The highest BCUT2D eigenvalue weighted by molar-refractivity contribution is 6.13. The molecule has 41 heavy (non-hydrogen) atoms. The lowest BCUT2D eigenvalue weighted by Gasteiger charge is -2.26. The van der Waals surface area contributed by atoms with Gasteiger partial charge in [0.25, 0.3) is 11.5 Å². The number of ether oxygens (including phenoxy) is 1. The van der Waals surface area contributed by atoms with Crippen LogP contribution in [0, 0.1) is 19.3 Å². The molecule has 0 spiro atoms. The molecule has 9 heteroatoms. The smallest absolute Gasteiger partial charge is 0.253 e. The van der Waals surface area contributed by atoms with E-state index in [4.69, 9.17) is 10.1 Å². The van der Waals surface area contributed by atoms with Gasteiger partial charge in [0.1, 0.15) is 0 Å². The SMILES string of the molecule is CCCc1cc(C)[nH]c(=O)c1CNC(=O)c1cc(/C(C=N)=C/NCCN2CCOCC2)cc2c1c(C)cn2C(C)C. The predicted octanol–water partition coefficient (Wildman–Crippen LogP) is 4.32. The van der Waals surface area contributed by atoms with E-state index in [-0.39, 0.29) is 24.1 Å². The molecule has 4 N–H and O–H groups in total. The zero-order chi connectivity index (χ0) is 29.5. The van der Waals surface area contributed by atoms with Crippen LogP contribution in [0.3, 0.4) is 0 Å². The number of aryl methyl sites for hydroxylation is 3. The van der Waals surface area contributed by atoms with Crippen LogP contribution in [0.1, 0.15) is 71.5 Å². The van der Waals surface area contributed by atoms with Gasteiger partial charge < -0.3 is 30.3 Å². The molecular formula is C32H44N6O3. The van der Waals surface area contributed by atoms with Gasteiger partial charge in [-0.2, -0.15) is 0 Å². The summed E-state index contributed by atoms with van der Waals surface area (Å²) in [6.07, 6.45) is 6.94. The lowest BCUT2D eigenvalue weighted by atomic mass is 9.98. The Morgan fingerprint density at radius 2 is 1.95 bits per heavy atom. The molecule has 3 heterocycles. The molecule has 1 aliphatic heterocycles. The Labute approximate surface area is 242 Å². The highest BCUT2D eigenvalue weighted by atomic mass is 16.5. The molecule has 3 aromatic rings. The van der Waals surface area contributed by atoms with E-state index in [1.54, 1.807) is 0 Å². The Hall–Kier alpha value is -3.69. The van der Waals surface area contributed by atoms with Crippen molar-refractivity contribution < 1.29 is 9.53 Å². The Balaban J connectivity index is 1.65. The maximum atomic E-state index is 13.8. The molecular weight excluding hydrogens is 516 g/mol. The molecule has 9 nitrogen and oxygen atoms in total. The number of allylic oxidation sites excluding steroid dienone is 1. The van der Waals surface area contributed by atoms with Crippen LogP contribution in [0.25, 0.3) is 16.5 Å². The normalized spacial score (nSPS) is 14.5. The molecule has 0 atom stereocenters. The summed E-state index contributed by atoms with van der Waals surface area (Å²) in [5.41, 5.74) is 6.19. The van der Waals surface area contributed by atoms with Gasteiger partial charge in [0.15, 0.2) is 0 Å². The van der Waals surface area contributed by atoms with Crippen LogP contribution in [-0.2, 0) is 17.7 Å². The minimum Gasteiger partial charge on any atom is -0.389 e. The zero-order valence-corrected chi connectivity index (χ0v) is 25.0. The number of carbonyl (C=O) groups is 1. The van der Waals surface area contributed by atoms with Crippen LogP contribution in [0.4, 0.5) is 0 Å². The maximum absolute atomic E-state index is 13.8. The Morgan fingerprint density at radius 1 is 1.20 bits per heavy atom. The molecule has 0 radical (unpaired) electrons. The topological polar surface area (TPSA) is 115 Å². The Kier molecular flexibility index (Phi) is 10.2. The standard InChI is InChI=1S/C32H44N6O3/c1-6-7-24-14-23(5)36-32(40)28(24)19-35-31(39)27-15-25(16-29-30(27)22(4)20-38(29)21(2)3)26(17-33)18-34-8-9-37-10-12-41-13-11-37/h14-18,20-21,33-34H,6-13,19H2,1-5H3,(H,35,39)(H,36,40)/b26-18+,33-17?. The summed E-state index contributed by atoms with van der Waals surface area (Å²) in [5, 5.41) is 15.4. The molecule has 1 fully saturated rings. The summed E-state index contributed by atoms with van der Waals surface area (Å²) in [5.74, 6) is -0.242. The first-order chi connectivity index (χ1) is 19.7. The van der Waals surface area contributed by atoms with Crippen LogP contribution in [0.5, 0.6) is 0 Å². The molecule has 1 amide bonds. The largest absolute Gasteiger partial charge is 0.389 e. The van der Waals surface area contributed by atoms with Crippen LogP contribution in [-0.4, -0.2) is 66.0 Å². The van der Waals surface area contributed by atoms with Crippen molar-refractivity contribution in [3.8, 4) is 0 Å². The lowest BCUT2D eigenvalue weighted by molar-refractivity contribution is 0.0388. The van der Waals surface area contributed by atoms with Gasteiger partial charge in [0, 0.05) is 90.7 Å². The number of hydrogen-bond acceptors (Lipinski definition) is 6. The Bertz CT molecular complexity index is 1480. The van der Waals surface area contributed by atoms with Gasteiger partial charge in [-0.1, -0.05) is 13.3 Å². The van der Waals surface area contributed by atoms with Crippen molar-refractivity contribution in [1.82, 2.24) is 25.1 Å². The summed E-state index contributed by atoms with van der Waals surface area (Å²) in [6.45, 7) is 15.4. The van der Waals surface area contributed by atoms with Crippen molar-refractivity contribution >= 4 is 28.6 Å². The highest BCUT2D eigenvalue weighted by Gasteiger charge is 2.20. The van der Waals surface area contributed by atoms with E-state index in [1.807, 2.05) is 32.2 Å². The van der Waals surface area contributed by atoms with Gasteiger partial charge in [-0.3, -0.25) is 14.5 Å². The van der Waals surface area contributed by atoms with Crippen LogP contribution >= 0.6 is 0 Å². The number of nitrogens with zero attached hydrogens (tertiary/aromatic N) is 2. The van der Waals surface area contributed by atoms with Gasteiger partial charge in [-0.15, -0.1) is 0 Å². The van der Waals surface area contributed by atoms with Gasteiger partial charge >= 0.3 is 0 Å². The number of carbonyl (C=O) groups excluding carboxylic acids is 1. The first-order valence-electron chi connectivity index (χ1n) is 14.6. The van der Waals surface area contributed by atoms with E-state index in [9.17, 15) is 9.59 Å². The van der Waals surface area contributed by atoms with E-state index in [1.165, 1.54) is 6.21 Å². The van der Waals surface area contributed by atoms with Gasteiger partial charge in [-0.25, -0.2) is 0 Å². The van der Waals surface area contributed by atoms with E-state index >= 15 is 0 Å². The first-order valence-corrected chi connectivity index (χ1v) is 14.6. The Morgan fingerprint density at radius 3 is 2.63 bits per heavy atom. The number of H-pyrrole nitrogens is 1. The van der Waals surface area contributed by atoms with E-state index in [0.29, 0.717) is 16.7 Å². The summed E-state index contributed by atoms with van der Waals surface area (Å²) in [7, 11) is 0. The zero-order valence-electron chi connectivity index (χ0n) is 25.0. The average molecular weight is 561 g/mol. The summed E-state index contributed by atoms with van der Waals surface area (Å²) in [4.78, 5) is 31.8. The predicted molar refractivity (Wildman–Crippen MR) is 166 cm³/mol. The van der Waals surface area contributed by atoms with Crippen LogP contribution in [0.2, 0.25) is 0 Å². The third-order valence-corrected chi connectivity index (χ3v) is 7.65. The van der Waals surface area contributed by atoms with Crippen LogP contribution < -0.4 is 16.2 Å². The minimum atomic E-state index is -0.242. The molecule has 0 saturated carbocycles. The molecule has 1 aromatic carbocycles.